The maximum Gasteiger partial charge on any atom is 0.263 e. The molecule has 170 valence electrons. The fourth-order valence-corrected chi connectivity index (χ4v) is 4.37. The third-order valence-corrected chi connectivity index (χ3v) is 6.27. The van der Waals surface area contributed by atoms with Gasteiger partial charge in [-0.2, -0.15) is 5.10 Å². The fourth-order valence-electron chi connectivity index (χ4n) is 4.37. The molecule has 0 spiro atoms. The Hall–Kier alpha value is -4.19. The Kier molecular flexibility index (Phi) is 5.72. The molecule has 0 bridgehead atoms. The van der Waals surface area contributed by atoms with Crippen LogP contribution in [0.5, 0.6) is 5.75 Å². The summed E-state index contributed by atoms with van der Waals surface area (Å²) in [6.07, 6.45) is 2.22. The van der Waals surface area contributed by atoms with Crippen molar-refractivity contribution in [2.24, 2.45) is 5.10 Å². The highest BCUT2D eigenvalue weighted by Crippen LogP contribution is 2.34. The summed E-state index contributed by atoms with van der Waals surface area (Å²) < 4.78 is 6.73. The van der Waals surface area contributed by atoms with Crippen LogP contribution in [0.4, 0.5) is 0 Å². The summed E-state index contributed by atoms with van der Waals surface area (Å²) in [5.41, 5.74) is 3.22. The fraction of sp³-hybridized carbons (Fsp3) is 0.179. The highest BCUT2D eigenvalue weighted by molar-refractivity contribution is 6.05. The zero-order valence-electron chi connectivity index (χ0n) is 19.1. The van der Waals surface area contributed by atoms with Gasteiger partial charge in [-0.15, -0.1) is 0 Å². The Labute approximate surface area is 197 Å². The Morgan fingerprint density at radius 3 is 2.53 bits per heavy atom. The highest BCUT2D eigenvalue weighted by atomic mass is 16.5. The van der Waals surface area contributed by atoms with Crippen LogP contribution in [0.1, 0.15) is 29.2 Å². The SMILES string of the molecule is COc1ccc(C2CC(c3ccc4ccccc4c3)=NN2C(=O)Cn2cccc(C)c2=O)cc1. The summed E-state index contributed by atoms with van der Waals surface area (Å²) in [6, 6.07) is 25.4. The lowest BCUT2D eigenvalue weighted by atomic mass is 9.97. The van der Waals surface area contributed by atoms with E-state index in [-0.39, 0.29) is 24.1 Å². The molecule has 5 rings (SSSR count). The van der Waals surface area contributed by atoms with Gasteiger partial charge in [0.05, 0.1) is 18.9 Å². The molecule has 6 heteroatoms. The first-order valence-electron chi connectivity index (χ1n) is 11.2. The molecule has 2 heterocycles. The monoisotopic (exact) mass is 451 g/mol. The number of carbonyl (C=O) groups is 1. The smallest absolute Gasteiger partial charge is 0.263 e. The first-order valence-corrected chi connectivity index (χ1v) is 11.2. The van der Waals surface area contributed by atoms with Crippen LogP contribution in [-0.2, 0) is 11.3 Å². The van der Waals surface area contributed by atoms with Gasteiger partial charge in [0.2, 0.25) is 0 Å². The van der Waals surface area contributed by atoms with Crippen LogP contribution in [0, 0.1) is 6.92 Å². The normalized spacial score (nSPS) is 15.4. The molecule has 4 aromatic rings. The van der Waals surface area contributed by atoms with E-state index >= 15 is 0 Å². The molecule has 34 heavy (non-hydrogen) atoms. The highest BCUT2D eigenvalue weighted by Gasteiger charge is 2.33. The molecule has 1 amide bonds. The summed E-state index contributed by atoms with van der Waals surface area (Å²) in [7, 11) is 1.63. The van der Waals surface area contributed by atoms with Crippen molar-refractivity contribution in [3.8, 4) is 5.75 Å². The van der Waals surface area contributed by atoms with Gasteiger partial charge in [-0.25, -0.2) is 5.01 Å². The molecule has 1 aliphatic heterocycles. The van der Waals surface area contributed by atoms with Crippen LogP contribution in [-0.4, -0.2) is 28.3 Å². The Morgan fingerprint density at radius 1 is 1.00 bits per heavy atom. The molecule has 3 aromatic carbocycles. The van der Waals surface area contributed by atoms with E-state index in [9.17, 15) is 9.59 Å². The number of carbonyl (C=O) groups excluding carboxylic acids is 1. The van der Waals surface area contributed by atoms with Crippen molar-refractivity contribution >= 4 is 22.4 Å². The molecule has 0 saturated carbocycles. The number of nitrogens with zero attached hydrogens (tertiary/aromatic N) is 3. The zero-order valence-corrected chi connectivity index (χ0v) is 19.1. The molecule has 1 atom stereocenters. The minimum absolute atomic E-state index is 0.0678. The average molecular weight is 452 g/mol. The lowest BCUT2D eigenvalue weighted by Crippen LogP contribution is -2.34. The Morgan fingerprint density at radius 2 is 1.76 bits per heavy atom. The van der Waals surface area contributed by atoms with Gasteiger partial charge in [0, 0.05) is 18.2 Å². The topological polar surface area (TPSA) is 63.9 Å². The molecule has 0 radical (unpaired) electrons. The number of hydrogen-bond donors (Lipinski definition) is 0. The predicted octanol–water partition coefficient (Wildman–Crippen LogP) is 4.70. The lowest BCUT2D eigenvalue weighted by Gasteiger charge is -2.22. The number of rotatable bonds is 5. The molecular formula is C28H25N3O3. The molecule has 1 unspecified atom stereocenters. The van der Waals surface area contributed by atoms with Gasteiger partial charge < -0.3 is 9.30 Å². The van der Waals surface area contributed by atoms with Crippen LogP contribution >= 0.6 is 0 Å². The first-order chi connectivity index (χ1) is 16.5. The summed E-state index contributed by atoms with van der Waals surface area (Å²) in [5.74, 6) is 0.519. The maximum atomic E-state index is 13.4. The van der Waals surface area contributed by atoms with Gasteiger partial charge in [0.1, 0.15) is 12.3 Å². The number of amides is 1. The third-order valence-electron chi connectivity index (χ3n) is 6.27. The number of benzene rings is 3. The van der Waals surface area contributed by atoms with E-state index in [1.165, 1.54) is 9.58 Å². The van der Waals surface area contributed by atoms with Crippen LogP contribution < -0.4 is 10.3 Å². The summed E-state index contributed by atoms with van der Waals surface area (Å²) >= 11 is 0. The predicted molar refractivity (Wildman–Crippen MR) is 133 cm³/mol. The van der Waals surface area contributed by atoms with Crippen LogP contribution in [0.3, 0.4) is 0 Å². The molecule has 0 aliphatic carbocycles. The second kappa shape index (κ2) is 8.98. The molecule has 0 saturated heterocycles. The summed E-state index contributed by atoms with van der Waals surface area (Å²) in [5, 5.41) is 8.58. The second-order valence-corrected chi connectivity index (χ2v) is 8.46. The third kappa shape index (κ3) is 4.10. The number of hydrazone groups is 1. The lowest BCUT2D eigenvalue weighted by molar-refractivity contribution is -0.133. The van der Waals surface area contributed by atoms with Crippen molar-refractivity contribution in [3.63, 3.8) is 0 Å². The number of aromatic nitrogens is 1. The number of hydrogen-bond acceptors (Lipinski definition) is 4. The van der Waals surface area contributed by atoms with Gasteiger partial charge in [0.25, 0.3) is 11.5 Å². The Bertz CT molecular complexity index is 1450. The first kappa shape index (κ1) is 21.6. The van der Waals surface area contributed by atoms with E-state index < -0.39 is 0 Å². The molecule has 1 aliphatic rings. The van der Waals surface area contributed by atoms with Crippen LogP contribution in [0.2, 0.25) is 0 Å². The average Bonchev–Trinajstić information content (AvgIpc) is 3.32. The largest absolute Gasteiger partial charge is 0.497 e. The number of aryl methyl sites for hydroxylation is 1. The van der Waals surface area contributed by atoms with Crippen LogP contribution in [0.15, 0.2) is 95.0 Å². The van der Waals surface area contributed by atoms with Crippen molar-refractivity contribution in [3.05, 3.63) is 112 Å². The van der Waals surface area contributed by atoms with E-state index in [0.717, 1.165) is 33.4 Å². The summed E-state index contributed by atoms with van der Waals surface area (Å²) in [6.45, 7) is 1.68. The van der Waals surface area contributed by atoms with Crippen molar-refractivity contribution < 1.29 is 9.53 Å². The zero-order chi connectivity index (χ0) is 23.7. The number of methoxy groups -OCH3 is 1. The van der Waals surface area contributed by atoms with Crippen molar-refractivity contribution in [2.45, 2.75) is 25.9 Å². The molecule has 6 nitrogen and oxygen atoms in total. The minimum Gasteiger partial charge on any atom is -0.497 e. The number of fused-ring (bicyclic) bond motifs is 1. The van der Waals surface area contributed by atoms with E-state index in [0.29, 0.717) is 12.0 Å². The van der Waals surface area contributed by atoms with Crippen molar-refractivity contribution in [1.29, 1.82) is 0 Å². The maximum absolute atomic E-state index is 13.4. The van der Waals surface area contributed by atoms with Gasteiger partial charge in [-0.1, -0.05) is 54.6 Å². The van der Waals surface area contributed by atoms with E-state index in [4.69, 9.17) is 9.84 Å². The second-order valence-electron chi connectivity index (χ2n) is 8.46. The van der Waals surface area contributed by atoms with Gasteiger partial charge in [-0.3, -0.25) is 9.59 Å². The number of pyridine rings is 1. The quantitative estimate of drug-likeness (QED) is 0.442. The van der Waals surface area contributed by atoms with E-state index in [2.05, 4.69) is 24.3 Å². The number of ether oxygens (including phenoxy) is 1. The summed E-state index contributed by atoms with van der Waals surface area (Å²) in [4.78, 5) is 25.9. The van der Waals surface area contributed by atoms with Crippen molar-refractivity contribution in [1.82, 2.24) is 9.58 Å². The van der Waals surface area contributed by atoms with E-state index in [1.807, 2.05) is 42.5 Å². The van der Waals surface area contributed by atoms with Gasteiger partial charge >= 0.3 is 0 Å². The van der Waals surface area contributed by atoms with E-state index in [1.54, 1.807) is 32.4 Å². The standard InChI is InChI=1S/C28H25N3O3/c1-19-6-5-15-30(28(19)33)18-27(32)31-26(21-11-13-24(34-2)14-12-21)17-25(29-31)23-10-9-20-7-3-4-8-22(20)16-23/h3-16,26H,17-18H2,1-2H3. The van der Waals surface area contributed by atoms with Crippen molar-refractivity contribution in [2.75, 3.05) is 7.11 Å². The molecular weight excluding hydrogens is 426 g/mol. The van der Waals surface area contributed by atoms with Gasteiger partial charge in [0.15, 0.2) is 0 Å². The van der Waals surface area contributed by atoms with Crippen LogP contribution in [0.25, 0.3) is 10.8 Å². The molecule has 1 aromatic heterocycles. The molecule has 0 N–H and O–H groups in total. The van der Waals surface area contributed by atoms with Gasteiger partial charge in [-0.05, 0) is 53.1 Å². The molecule has 0 fully saturated rings. The Balaban J connectivity index is 1.51. The minimum atomic E-state index is -0.264.